The maximum atomic E-state index is 13.4. The van der Waals surface area contributed by atoms with E-state index in [9.17, 15) is 14.3 Å². The lowest BCUT2D eigenvalue weighted by Gasteiger charge is -2.22. The minimum absolute atomic E-state index is 0.0221. The minimum Gasteiger partial charge on any atom is -0.481 e. The summed E-state index contributed by atoms with van der Waals surface area (Å²) in [6, 6.07) is 15.7. The predicted octanol–water partition coefficient (Wildman–Crippen LogP) is 3.44. The molecule has 0 aliphatic heterocycles. The van der Waals surface area contributed by atoms with Gasteiger partial charge in [0.25, 0.3) is 5.91 Å². The number of thiophene rings is 1. The van der Waals surface area contributed by atoms with Gasteiger partial charge in [0.05, 0.1) is 6.54 Å². The summed E-state index contributed by atoms with van der Waals surface area (Å²) in [5.41, 5.74) is -1.20. The summed E-state index contributed by atoms with van der Waals surface area (Å²) in [7, 11) is 0. The zero-order chi connectivity index (χ0) is 17.9. The Balaban J connectivity index is 1.58. The Labute approximate surface area is 148 Å². The molecule has 0 aliphatic carbocycles. The van der Waals surface area contributed by atoms with Gasteiger partial charge in [-0.2, -0.15) is 0 Å². The lowest BCUT2D eigenvalue weighted by Crippen LogP contribution is -2.40. The zero-order valence-corrected chi connectivity index (χ0v) is 14.5. The molecule has 1 atom stereocenters. The Bertz CT molecular complexity index is 858. The third-order valence-electron chi connectivity index (χ3n) is 3.78. The number of aliphatic hydroxyl groups is 1. The molecule has 4 nitrogen and oxygen atoms in total. The largest absolute Gasteiger partial charge is 0.481 e. The summed E-state index contributed by atoms with van der Waals surface area (Å²) in [4.78, 5) is 12.7. The molecule has 130 valence electrons. The second kappa shape index (κ2) is 7.21. The van der Waals surface area contributed by atoms with Gasteiger partial charge in [0.15, 0.2) is 18.2 Å². The van der Waals surface area contributed by atoms with Crippen LogP contribution in [0.3, 0.4) is 0 Å². The third kappa shape index (κ3) is 4.15. The summed E-state index contributed by atoms with van der Waals surface area (Å²) in [5.74, 6) is -0.925. The fourth-order valence-electron chi connectivity index (χ4n) is 2.36. The molecule has 6 heteroatoms. The Hall–Kier alpha value is -2.44. The highest BCUT2D eigenvalue weighted by atomic mass is 32.1. The first kappa shape index (κ1) is 17.4. The summed E-state index contributed by atoms with van der Waals surface area (Å²) in [6.07, 6.45) is 0. The van der Waals surface area contributed by atoms with Crippen LogP contribution in [0, 0.1) is 5.82 Å². The van der Waals surface area contributed by atoms with Crippen LogP contribution < -0.4 is 10.1 Å². The first-order valence-corrected chi connectivity index (χ1v) is 8.63. The van der Waals surface area contributed by atoms with Crippen molar-refractivity contribution < 1.29 is 19.0 Å². The number of rotatable bonds is 6. The molecule has 1 aromatic heterocycles. The molecule has 0 spiro atoms. The van der Waals surface area contributed by atoms with E-state index in [4.69, 9.17) is 4.74 Å². The fourth-order valence-corrected chi connectivity index (χ4v) is 3.47. The number of benzene rings is 2. The van der Waals surface area contributed by atoms with Gasteiger partial charge in [0, 0.05) is 9.58 Å². The smallest absolute Gasteiger partial charge is 0.258 e. The Morgan fingerprint density at radius 1 is 1.24 bits per heavy atom. The van der Waals surface area contributed by atoms with Crippen molar-refractivity contribution in [3.63, 3.8) is 0 Å². The normalized spacial score (nSPS) is 13.4. The fraction of sp³-hybridized carbons (Fsp3) is 0.211. The summed E-state index contributed by atoms with van der Waals surface area (Å²) in [5, 5.41) is 14.3. The summed E-state index contributed by atoms with van der Waals surface area (Å²) >= 11 is 1.49. The van der Waals surface area contributed by atoms with Gasteiger partial charge >= 0.3 is 0 Å². The molecule has 2 aromatic carbocycles. The van der Waals surface area contributed by atoms with Crippen LogP contribution in [0.25, 0.3) is 10.1 Å². The molecular formula is C19H18FNO3S. The molecule has 0 saturated carbocycles. The van der Waals surface area contributed by atoms with E-state index in [1.165, 1.54) is 23.5 Å². The number of hydrogen-bond acceptors (Lipinski definition) is 4. The highest BCUT2D eigenvalue weighted by molar-refractivity contribution is 7.19. The SMILES string of the molecule is CC(O)(CNC(=O)COc1ccccc1F)c1cc2ccccc2s1. The van der Waals surface area contributed by atoms with Crippen LogP contribution in [0.1, 0.15) is 11.8 Å². The van der Waals surface area contributed by atoms with Gasteiger partial charge in [-0.05, 0) is 36.6 Å². The number of para-hydroxylation sites is 1. The number of nitrogens with one attached hydrogen (secondary N) is 1. The van der Waals surface area contributed by atoms with E-state index >= 15 is 0 Å². The predicted molar refractivity (Wildman–Crippen MR) is 96.3 cm³/mol. The van der Waals surface area contributed by atoms with E-state index in [0.717, 1.165) is 15.0 Å². The van der Waals surface area contributed by atoms with Crippen LogP contribution in [0.15, 0.2) is 54.6 Å². The molecule has 0 fully saturated rings. The van der Waals surface area contributed by atoms with Crippen molar-refractivity contribution in [3.05, 3.63) is 65.3 Å². The van der Waals surface area contributed by atoms with Gasteiger partial charge < -0.3 is 15.2 Å². The number of carbonyl (C=O) groups excluding carboxylic acids is 1. The molecule has 3 rings (SSSR count). The van der Waals surface area contributed by atoms with Gasteiger partial charge in [-0.3, -0.25) is 4.79 Å². The average Bonchev–Trinajstić information content (AvgIpc) is 3.04. The zero-order valence-electron chi connectivity index (χ0n) is 13.7. The van der Waals surface area contributed by atoms with Gasteiger partial charge in [0.1, 0.15) is 5.60 Å². The van der Waals surface area contributed by atoms with Crippen LogP contribution >= 0.6 is 11.3 Å². The quantitative estimate of drug-likeness (QED) is 0.709. The molecule has 0 radical (unpaired) electrons. The molecule has 2 N–H and O–H groups in total. The number of hydrogen-bond donors (Lipinski definition) is 2. The van der Waals surface area contributed by atoms with Crippen molar-refractivity contribution in [2.24, 2.45) is 0 Å². The second-order valence-corrected chi connectivity index (χ2v) is 7.00. The maximum Gasteiger partial charge on any atom is 0.258 e. The lowest BCUT2D eigenvalue weighted by atomic mass is 10.0. The topological polar surface area (TPSA) is 58.6 Å². The number of halogens is 1. The highest BCUT2D eigenvalue weighted by Gasteiger charge is 2.26. The first-order valence-electron chi connectivity index (χ1n) is 7.81. The average molecular weight is 359 g/mol. The minimum atomic E-state index is -1.20. The standard InChI is InChI=1S/C19H18FNO3S/c1-19(23,17-10-13-6-2-5-9-16(13)25-17)12-21-18(22)11-24-15-8-4-3-7-14(15)20/h2-10,23H,11-12H2,1H3,(H,21,22). The van der Waals surface area contributed by atoms with E-state index in [1.54, 1.807) is 19.1 Å². The van der Waals surface area contributed by atoms with E-state index in [-0.39, 0.29) is 18.9 Å². The molecule has 3 aromatic rings. The lowest BCUT2D eigenvalue weighted by molar-refractivity contribution is -0.124. The number of ether oxygens (including phenoxy) is 1. The van der Waals surface area contributed by atoms with Crippen molar-refractivity contribution in [1.29, 1.82) is 0 Å². The van der Waals surface area contributed by atoms with Crippen molar-refractivity contribution >= 4 is 27.3 Å². The van der Waals surface area contributed by atoms with Crippen LogP contribution in [0.2, 0.25) is 0 Å². The van der Waals surface area contributed by atoms with Crippen LogP contribution in [0.5, 0.6) is 5.75 Å². The van der Waals surface area contributed by atoms with Crippen LogP contribution in [-0.2, 0) is 10.4 Å². The molecular weight excluding hydrogens is 341 g/mol. The van der Waals surface area contributed by atoms with Crippen molar-refractivity contribution in [2.75, 3.05) is 13.2 Å². The first-order chi connectivity index (χ1) is 12.0. The Kier molecular flexibility index (Phi) is 5.01. The van der Waals surface area contributed by atoms with E-state index in [0.29, 0.717) is 0 Å². The summed E-state index contributed by atoms with van der Waals surface area (Å²) in [6.45, 7) is 1.37. The van der Waals surface area contributed by atoms with Crippen molar-refractivity contribution in [1.82, 2.24) is 5.32 Å². The van der Waals surface area contributed by atoms with E-state index < -0.39 is 17.3 Å². The van der Waals surface area contributed by atoms with Gasteiger partial charge in [0.2, 0.25) is 0 Å². The molecule has 0 bridgehead atoms. The molecule has 0 aliphatic rings. The van der Waals surface area contributed by atoms with Crippen LogP contribution in [-0.4, -0.2) is 24.2 Å². The van der Waals surface area contributed by atoms with Crippen molar-refractivity contribution in [3.8, 4) is 5.75 Å². The number of amides is 1. The molecule has 0 saturated heterocycles. The number of carbonyl (C=O) groups is 1. The highest BCUT2D eigenvalue weighted by Crippen LogP contribution is 2.32. The summed E-state index contributed by atoms with van der Waals surface area (Å²) < 4.78 is 19.7. The Morgan fingerprint density at radius 2 is 1.96 bits per heavy atom. The van der Waals surface area contributed by atoms with Gasteiger partial charge in [-0.25, -0.2) is 4.39 Å². The third-order valence-corrected chi connectivity index (χ3v) is 5.15. The second-order valence-electron chi connectivity index (χ2n) is 5.92. The maximum absolute atomic E-state index is 13.4. The van der Waals surface area contributed by atoms with Gasteiger partial charge in [-0.15, -0.1) is 11.3 Å². The van der Waals surface area contributed by atoms with E-state index in [1.807, 2.05) is 30.3 Å². The molecule has 1 heterocycles. The Morgan fingerprint density at radius 3 is 2.72 bits per heavy atom. The molecule has 1 unspecified atom stereocenters. The van der Waals surface area contributed by atoms with Gasteiger partial charge in [-0.1, -0.05) is 30.3 Å². The molecule has 1 amide bonds. The molecule has 25 heavy (non-hydrogen) atoms. The van der Waals surface area contributed by atoms with Crippen LogP contribution in [0.4, 0.5) is 4.39 Å². The van der Waals surface area contributed by atoms with Crippen molar-refractivity contribution in [2.45, 2.75) is 12.5 Å². The monoisotopic (exact) mass is 359 g/mol. The number of fused-ring (bicyclic) bond motifs is 1. The van der Waals surface area contributed by atoms with E-state index in [2.05, 4.69) is 5.32 Å².